The van der Waals surface area contributed by atoms with Crippen LogP contribution in [0.5, 0.6) is 5.75 Å². The van der Waals surface area contributed by atoms with Crippen LogP contribution in [0.25, 0.3) is 10.9 Å². The Kier molecular flexibility index (Phi) is 6.46. The lowest BCUT2D eigenvalue weighted by molar-refractivity contribution is -0.124. The summed E-state index contributed by atoms with van der Waals surface area (Å²) in [6, 6.07) is 10.8. The fourth-order valence-electron chi connectivity index (χ4n) is 3.10. The lowest BCUT2D eigenvalue weighted by atomic mass is 10.1. The van der Waals surface area contributed by atoms with Gasteiger partial charge in [0.1, 0.15) is 5.75 Å². The van der Waals surface area contributed by atoms with E-state index in [1.807, 2.05) is 26.0 Å². The Hall–Kier alpha value is -3.68. The first kappa shape index (κ1) is 21.0. The Balaban J connectivity index is 1.55. The Morgan fingerprint density at radius 1 is 1.13 bits per heavy atom. The van der Waals surface area contributed by atoms with Crippen LogP contribution < -0.4 is 20.9 Å². The van der Waals surface area contributed by atoms with Crippen LogP contribution in [-0.4, -0.2) is 35.0 Å². The average molecular weight is 408 g/mol. The summed E-state index contributed by atoms with van der Waals surface area (Å²) in [6.07, 6.45) is 1.50. The van der Waals surface area contributed by atoms with E-state index in [2.05, 4.69) is 15.6 Å². The van der Waals surface area contributed by atoms with Gasteiger partial charge in [-0.05, 0) is 43.2 Å². The van der Waals surface area contributed by atoms with Crippen molar-refractivity contribution in [1.82, 2.24) is 14.9 Å². The summed E-state index contributed by atoms with van der Waals surface area (Å²) in [4.78, 5) is 41.2. The van der Waals surface area contributed by atoms with Crippen LogP contribution in [0.1, 0.15) is 17.5 Å². The van der Waals surface area contributed by atoms with Crippen LogP contribution in [0.4, 0.5) is 5.69 Å². The van der Waals surface area contributed by atoms with Crippen molar-refractivity contribution in [2.24, 2.45) is 0 Å². The zero-order valence-corrected chi connectivity index (χ0v) is 17.2. The van der Waals surface area contributed by atoms with E-state index in [0.717, 1.165) is 11.1 Å². The molecule has 1 heterocycles. The maximum Gasteiger partial charge on any atom is 0.261 e. The summed E-state index contributed by atoms with van der Waals surface area (Å²) in [5, 5.41) is 5.80. The molecule has 0 atom stereocenters. The number of methoxy groups -OCH3 is 1. The second kappa shape index (κ2) is 9.21. The minimum Gasteiger partial charge on any atom is -0.495 e. The number of carbonyl (C=O) groups excluding carboxylic acids is 2. The molecule has 0 fully saturated rings. The highest BCUT2D eigenvalue weighted by atomic mass is 16.5. The molecule has 2 N–H and O–H groups in total. The Morgan fingerprint density at radius 2 is 1.93 bits per heavy atom. The van der Waals surface area contributed by atoms with E-state index < -0.39 is 0 Å². The molecule has 0 spiro atoms. The van der Waals surface area contributed by atoms with Crippen molar-refractivity contribution < 1.29 is 14.3 Å². The number of carbonyl (C=O) groups is 2. The number of amides is 2. The Labute approximate surface area is 173 Å². The molecule has 0 unspecified atom stereocenters. The number of benzene rings is 2. The molecular formula is C22H24N4O4. The Morgan fingerprint density at radius 3 is 2.70 bits per heavy atom. The van der Waals surface area contributed by atoms with Crippen molar-refractivity contribution in [1.29, 1.82) is 0 Å². The minimum absolute atomic E-state index is 0.0555. The fraction of sp³-hybridized carbons (Fsp3) is 0.273. The number of ether oxygens (including phenoxy) is 1. The number of hydrogen-bond donors (Lipinski definition) is 2. The van der Waals surface area contributed by atoms with E-state index >= 15 is 0 Å². The molecule has 3 aromatic rings. The molecule has 8 nitrogen and oxygen atoms in total. The fourth-order valence-corrected chi connectivity index (χ4v) is 3.10. The summed E-state index contributed by atoms with van der Waals surface area (Å²) in [7, 11) is 1.52. The molecule has 8 heteroatoms. The van der Waals surface area contributed by atoms with Crippen molar-refractivity contribution in [3.63, 3.8) is 0 Å². The van der Waals surface area contributed by atoms with Crippen LogP contribution in [0, 0.1) is 13.8 Å². The van der Waals surface area contributed by atoms with Crippen LogP contribution in [0.2, 0.25) is 0 Å². The summed E-state index contributed by atoms with van der Waals surface area (Å²) in [6.45, 7) is 3.79. The number of aromatic nitrogens is 2. The molecule has 30 heavy (non-hydrogen) atoms. The quantitative estimate of drug-likeness (QED) is 0.624. The molecule has 0 saturated heterocycles. The van der Waals surface area contributed by atoms with Gasteiger partial charge >= 0.3 is 0 Å². The van der Waals surface area contributed by atoms with Gasteiger partial charge in [0.2, 0.25) is 11.8 Å². The predicted molar refractivity (Wildman–Crippen MR) is 115 cm³/mol. The molecule has 0 aliphatic rings. The van der Waals surface area contributed by atoms with Gasteiger partial charge in [-0.25, -0.2) is 4.98 Å². The SMILES string of the molecule is COc1ccc(C)cc1NC(=O)CNC(=O)CCn1cnc2c(C)cccc2c1=O. The summed E-state index contributed by atoms with van der Waals surface area (Å²) < 4.78 is 6.62. The number of hydrogen-bond acceptors (Lipinski definition) is 5. The number of rotatable bonds is 7. The first-order valence-electron chi connectivity index (χ1n) is 9.55. The summed E-state index contributed by atoms with van der Waals surface area (Å²) >= 11 is 0. The number of nitrogens with one attached hydrogen (secondary N) is 2. The number of para-hydroxylation sites is 1. The molecule has 1 aromatic heterocycles. The van der Waals surface area contributed by atoms with Gasteiger partial charge in [0.15, 0.2) is 0 Å². The normalized spacial score (nSPS) is 10.6. The lowest BCUT2D eigenvalue weighted by Gasteiger charge is -2.12. The zero-order chi connectivity index (χ0) is 21.7. The molecule has 0 aliphatic carbocycles. The Bertz CT molecular complexity index is 1150. The third-order valence-electron chi connectivity index (χ3n) is 4.71. The smallest absolute Gasteiger partial charge is 0.261 e. The van der Waals surface area contributed by atoms with E-state index in [9.17, 15) is 14.4 Å². The van der Waals surface area contributed by atoms with E-state index in [1.165, 1.54) is 18.0 Å². The topological polar surface area (TPSA) is 102 Å². The zero-order valence-electron chi connectivity index (χ0n) is 17.2. The number of fused-ring (bicyclic) bond motifs is 1. The maximum atomic E-state index is 12.6. The largest absolute Gasteiger partial charge is 0.495 e. The predicted octanol–water partition coefficient (Wildman–Crippen LogP) is 2.17. The van der Waals surface area contributed by atoms with Crippen molar-refractivity contribution in [2.75, 3.05) is 19.0 Å². The minimum atomic E-state index is -0.368. The molecule has 0 radical (unpaired) electrons. The second-order valence-electron chi connectivity index (χ2n) is 6.99. The first-order chi connectivity index (χ1) is 14.4. The summed E-state index contributed by atoms with van der Waals surface area (Å²) in [5.41, 5.74) is 2.90. The average Bonchev–Trinajstić information content (AvgIpc) is 2.72. The van der Waals surface area contributed by atoms with Gasteiger partial charge in [0, 0.05) is 13.0 Å². The first-order valence-corrected chi connectivity index (χ1v) is 9.55. The highest BCUT2D eigenvalue weighted by Gasteiger charge is 2.11. The lowest BCUT2D eigenvalue weighted by Crippen LogP contribution is -2.34. The van der Waals surface area contributed by atoms with E-state index in [0.29, 0.717) is 22.3 Å². The third kappa shape index (κ3) is 4.83. The number of anilines is 1. The van der Waals surface area contributed by atoms with Crippen molar-refractivity contribution in [3.05, 3.63) is 64.2 Å². The molecule has 3 rings (SSSR count). The van der Waals surface area contributed by atoms with Gasteiger partial charge in [-0.2, -0.15) is 0 Å². The van der Waals surface area contributed by atoms with Crippen molar-refractivity contribution in [2.45, 2.75) is 26.8 Å². The third-order valence-corrected chi connectivity index (χ3v) is 4.71. The number of nitrogens with zero attached hydrogens (tertiary/aromatic N) is 2. The van der Waals surface area contributed by atoms with Crippen LogP contribution in [0.3, 0.4) is 0 Å². The van der Waals surface area contributed by atoms with E-state index in [4.69, 9.17) is 4.74 Å². The number of aryl methyl sites for hydroxylation is 3. The van der Waals surface area contributed by atoms with Crippen molar-refractivity contribution >= 4 is 28.4 Å². The van der Waals surface area contributed by atoms with Gasteiger partial charge in [-0.1, -0.05) is 18.2 Å². The van der Waals surface area contributed by atoms with Gasteiger partial charge < -0.3 is 15.4 Å². The summed E-state index contributed by atoms with van der Waals surface area (Å²) in [5.74, 6) is -0.163. The van der Waals surface area contributed by atoms with Crippen LogP contribution >= 0.6 is 0 Å². The van der Waals surface area contributed by atoms with Gasteiger partial charge in [-0.15, -0.1) is 0 Å². The molecule has 2 aromatic carbocycles. The van der Waals surface area contributed by atoms with Gasteiger partial charge in [0.25, 0.3) is 5.56 Å². The molecule has 0 saturated carbocycles. The van der Waals surface area contributed by atoms with Crippen LogP contribution in [0.15, 0.2) is 47.5 Å². The molecule has 156 valence electrons. The molecular weight excluding hydrogens is 384 g/mol. The maximum absolute atomic E-state index is 12.6. The molecule has 2 amide bonds. The van der Waals surface area contributed by atoms with E-state index in [1.54, 1.807) is 24.3 Å². The second-order valence-corrected chi connectivity index (χ2v) is 6.99. The van der Waals surface area contributed by atoms with Crippen molar-refractivity contribution in [3.8, 4) is 5.75 Å². The standard InChI is InChI=1S/C22H24N4O4/c1-14-7-8-18(30-3)17(11-14)25-20(28)12-23-19(27)9-10-26-13-24-21-15(2)5-4-6-16(21)22(26)29/h4-8,11,13H,9-10,12H2,1-3H3,(H,23,27)(H,25,28). The van der Waals surface area contributed by atoms with Crippen LogP contribution in [-0.2, 0) is 16.1 Å². The highest BCUT2D eigenvalue weighted by Crippen LogP contribution is 2.24. The van der Waals surface area contributed by atoms with Gasteiger partial charge in [0.05, 0.1) is 36.6 Å². The molecule has 0 aliphatic heterocycles. The van der Waals surface area contributed by atoms with Gasteiger partial charge in [-0.3, -0.25) is 19.0 Å². The molecule has 0 bridgehead atoms. The highest BCUT2D eigenvalue weighted by molar-refractivity contribution is 5.95. The van der Waals surface area contributed by atoms with E-state index in [-0.39, 0.29) is 36.9 Å². The monoisotopic (exact) mass is 408 g/mol.